The first-order valence-electron chi connectivity index (χ1n) is 13.8. The van der Waals surface area contributed by atoms with Crippen LogP contribution < -0.4 is 14.8 Å². The number of ether oxygens (including phenoxy) is 3. The van der Waals surface area contributed by atoms with Crippen LogP contribution in [0.3, 0.4) is 0 Å². The van der Waals surface area contributed by atoms with E-state index >= 15 is 0 Å². The third-order valence-electron chi connectivity index (χ3n) is 7.61. The summed E-state index contributed by atoms with van der Waals surface area (Å²) in [6.07, 6.45) is 6.56. The zero-order valence-corrected chi connectivity index (χ0v) is 25.4. The molecule has 9 heteroatoms. The first-order chi connectivity index (χ1) is 19.2. The second-order valence-electron chi connectivity index (χ2n) is 11.5. The van der Waals surface area contributed by atoms with Crippen molar-refractivity contribution >= 4 is 27.8 Å². The molecule has 1 saturated carbocycles. The van der Waals surface area contributed by atoms with Gasteiger partial charge in [-0.1, -0.05) is 51.5 Å². The zero-order chi connectivity index (χ0) is 28.4. The Morgan fingerprint density at radius 2 is 1.85 bits per heavy atom. The van der Waals surface area contributed by atoms with Crippen molar-refractivity contribution in [1.29, 1.82) is 0 Å². The second kappa shape index (κ2) is 11.6. The number of rotatable bonds is 7. The molecule has 1 aromatic heterocycles. The smallest absolute Gasteiger partial charge is 0.338 e. The van der Waals surface area contributed by atoms with Gasteiger partial charge in [0.05, 0.1) is 17.2 Å². The summed E-state index contributed by atoms with van der Waals surface area (Å²) in [5.41, 5.74) is 4.42. The van der Waals surface area contributed by atoms with Crippen molar-refractivity contribution in [2.75, 3.05) is 12.4 Å². The van der Waals surface area contributed by atoms with E-state index in [-0.39, 0.29) is 17.5 Å². The Morgan fingerprint density at radius 3 is 2.52 bits per heavy atom. The molecule has 8 nitrogen and oxygen atoms in total. The van der Waals surface area contributed by atoms with Crippen LogP contribution in [0.4, 0.5) is 5.95 Å². The van der Waals surface area contributed by atoms with Crippen LogP contribution >= 0.6 is 15.9 Å². The molecule has 3 aromatic rings. The molecule has 0 spiro atoms. The van der Waals surface area contributed by atoms with Crippen LogP contribution in [-0.2, 0) is 21.6 Å². The number of carbonyl (C=O) groups is 1. The highest BCUT2D eigenvalue weighted by molar-refractivity contribution is 9.10. The van der Waals surface area contributed by atoms with Crippen molar-refractivity contribution < 1.29 is 19.0 Å². The van der Waals surface area contributed by atoms with E-state index in [4.69, 9.17) is 14.2 Å². The van der Waals surface area contributed by atoms with Crippen molar-refractivity contribution in [3.05, 3.63) is 75.2 Å². The molecule has 2 aromatic carbocycles. The first-order valence-corrected chi connectivity index (χ1v) is 14.6. The monoisotopic (exact) mass is 608 g/mol. The minimum Gasteiger partial charge on any atom is -0.493 e. The van der Waals surface area contributed by atoms with Gasteiger partial charge in [0.1, 0.15) is 25.1 Å². The van der Waals surface area contributed by atoms with Crippen LogP contribution in [-0.4, -0.2) is 33.9 Å². The Kier molecular flexibility index (Phi) is 8.21. The van der Waals surface area contributed by atoms with Gasteiger partial charge in [0.25, 0.3) is 0 Å². The molecule has 0 saturated heterocycles. The quantitative estimate of drug-likeness (QED) is 0.286. The number of aromatic nitrogens is 3. The lowest BCUT2D eigenvalue weighted by atomic mass is 9.87. The van der Waals surface area contributed by atoms with Crippen LogP contribution in [0.2, 0.25) is 0 Å². The molecule has 1 N–H and O–H groups in total. The Balaban J connectivity index is 1.44. The van der Waals surface area contributed by atoms with E-state index in [2.05, 4.69) is 76.4 Å². The lowest BCUT2D eigenvalue weighted by molar-refractivity contribution is -0.146. The molecule has 1 unspecified atom stereocenters. The zero-order valence-electron chi connectivity index (χ0n) is 23.8. The van der Waals surface area contributed by atoms with Crippen LogP contribution in [0.5, 0.6) is 11.5 Å². The highest BCUT2D eigenvalue weighted by Gasteiger charge is 2.36. The number of fused-ring (bicyclic) bond motifs is 1. The van der Waals surface area contributed by atoms with Gasteiger partial charge in [-0.25, -0.2) is 9.48 Å². The van der Waals surface area contributed by atoms with Crippen molar-refractivity contribution in [1.82, 2.24) is 14.8 Å². The summed E-state index contributed by atoms with van der Waals surface area (Å²) in [6.45, 7) is 8.86. The largest absolute Gasteiger partial charge is 0.493 e. The predicted molar refractivity (Wildman–Crippen MR) is 158 cm³/mol. The van der Waals surface area contributed by atoms with Gasteiger partial charge < -0.3 is 19.5 Å². The number of hydrogen-bond acceptors (Lipinski definition) is 7. The van der Waals surface area contributed by atoms with Crippen molar-refractivity contribution in [2.24, 2.45) is 0 Å². The molecule has 1 atom stereocenters. The van der Waals surface area contributed by atoms with Gasteiger partial charge in [0, 0.05) is 5.70 Å². The molecule has 5 rings (SSSR count). The number of nitrogens with zero attached hydrogens (tertiary/aromatic N) is 3. The van der Waals surface area contributed by atoms with Gasteiger partial charge in [-0.05, 0) is 82.8 Å². The Morgan fingerprint density at radius 1 is 1.12 bits per heavy atom. The predicted octanol–water partition coefficient (Wildman–Crippen LogP) is 7.09. The molecular formula is C31H37BrN4O4. The molecule has 2 heterocycles. The molecule has 0 amide bonds. The van der Waals surface area contributed by atoms with Crippen molar-refractivity contribution in [3.63, 3.8) is 0 Å². The maximum atomic E-state index is 13.6. The molecule has 40 heavy (non-hydrogen) atoms. The average Bonchev–Trinajstić information content (AvgIpc) is 3.39. The summed E-state index contributed by atoms with van der Waals surface area (Å²) in [5, 5.41) is 7.66. The van der Waals surface area contributed by atoms with Gasteiger partial charge in [-0.15, -0.1) is 0 Å². The lowest BCUT2D eigenvalue weighted by Crippen LogP contribution is -2.32. The van der Waals surface area contributed by atoms with Crippen LogP contribution in [0.1, 0.15) is 82.5 Å². The number of nitrogens with one attached hydrogen (secondary N) is 1. The van der Waals surface area contributed by atoms with Gasteiger partial charge in [0.2, 0.25) is 5.95 Å². The number of benzene rings is 2. The summed E-state index contributed by atoms with van der Waals surface area (Å²) in [4.78, 5) is 17.9. The Hall–Kier alpha value is -3.33. The Bertz CT molecular complexity index is 1400. The number of esters is 1. The molecule has 2 aliphatic rings. The van der Waals surface area contributed by atoms with Crippen LogP contribution in [0, 0.1) is 0 Å². The lowest BCUT2D eigenvalue weighted by Gasteiger charge is -2.30. The van der Waals surface area contributed by atoms with Gasteiger partial charge in [-0.3, -0.25) is 0 Å². The van der Waals surface area contributed by atoms with Gasteiger partial charge in [-0.2, -0.15) is 10.1 Å². The number of methoxy groups -OCH3 is 1. The first kappa shape index (κ1) is 28.2. The molecule has 0 radical (unpaired) electrons. The molecular weight excluding hydrogens is 572 g/mol. The third-order valence-corrected chi connectivity index (χ3v) is 8.20. The molecule has 212 valence electrons. The molecule has 0 bridgehead atoms. The van der Waals surface area contributed by atoms with E-state index in [1.165, 1.54) is 18.3 Å². The fraction of sp³-hybridized carbons (Fsp3) is 0.452. The number of allylic oxidation sites excluding steroid dienone is 1. The number of anilines is 1. The number of carbonyl (C=O) groups excluding carboxylic acids is 1. The van der Waals surface area contributed by atoms with Gasteiger partial charge >= 0.3 is 5.97 Å². The van der Waals surface area contributed by atoms with E-state index in [9.17, 15) is 4.79 Å². The minimum atomic E-state index is -0.543. The van der Waals surface area contributed by atoms with Crippen LogP contribution in [0.25, 0.3) is 0 Å². The summed E-state index contributed by atoms with van der Waals surface area (Å²) >= 11 is 3.70. The normalized spacial score (nSPS) is 17.7. The standard InChI is InChI=1S/C31H37BrN4O4/c1-19-26(29(37)40-23-9-7-6-8-10-23)27(36-30(35-19)33-18-34-36)21-15-24(32)28(25(16-21)38-5)39-17-20-11-13-22(14-12-20)31(2,3)4/h11-16,18,23,27H,6-10,17H2,1-5H3,(H,33,34,35). The summed E-state index contributed by atoms with van der Waals surface area (Å²) in [5.74, 6) is 1.36. The second-order valence-corrected chi connectivity index (χ2v) is 12.4. The maximum Gasteiger partial charge on any atom is 0.338 e. The number of hydrogen-bond donors (Lipinski definition) is 1. The fourth-order valence-electron chi connectivity index (χ4n) is 5.36. The van der Waals surface area contributed by atoms with Gasteiger partial charge in [0.15, 0.2) is 11.5 Å². The van der Waals surface area contributed by atoms with Crippen molar-refractivity contribution in [2.45, 2.75) is 84.0 Å². The third kappa shape index (κ3) is 5.89. The Labute approximate surface area is 244 Å². The number of halogens is 1. The summed E-state index contributed by atoms with van der Waals surface area (Å²) < 4.78 is 20.4. The highest BCUT2D eigenvalue weighted by atomic mass is 79.9. The summed E-state index contributed by atoms with van der Waals surface area (Å²) in [6, 6.07) is 11.8. The maximum absolute atomic E-state index is 13.6. The topological polar surface area (TPSA) is 87.5 Å². The molecule has 1 fully saturated rings. The SMILES string of the molecule is COc1cc(C2C(C(=O)OC3CCCCC3)=C(C)Nc3ncnn32)cc(Br)c1OCc1ccc(C(C)(C)C)cc1. The highest BCUT2D eigenvalue weighted by Crippen LogP contribution is 2.43. The molecule has 1 aliphatic heterocycles. The van der Waals surface area contributed by atoms with E-state index in [1.54, 1.807) is 11.8 Å². The van der Waals surface area contributed by atoms with E-state index in [0.717, 1.165) is 36.8 Å². The van der Waals surface area contributed by atoms with E-state index < -0.39 is 6.04 Å². The van der Waals surface area contributed by atoms with Crippen LogP contribution in [0.15, 0.2) is 58.5 Å². The van der Waals surface area contributed by atoms with E-state index in [1.807, 2.05) is 19.1 Å². The minimum absolute atomic E-state index is 0.0612. The van der Waals surface area contributed by atoms with E-state index in [0.29, 0.717) is 39.8 Å². The fourth-order valence-corrected chi connectivity index (χ4v) is 5.93. The van der Waals surface area contributed by atoms with Crippen molar-refractivity contribution in [3.8, 4) is 11.5 Å². The molecule has 1 aliphatic carbocycles. The summed E-state index contributed by atoms with van der Waals surface area (Å²) in [7, 11) is 1.61. The average molecular weight is 610 g/mol.